The standard InChI is InChI=1S/C72H48N2O2/c1-9-26-49(27-10-1)59-45-61(73-63(47-59)71-67(53-34-17-5-18-35-53)65(51-30-13-3-14-31-51)69(75-71)55-38-21-7-22-39-55)57-42-25-43-58(44-57)62-46-60(50-28-11-2-12-29-50)48-64(74-62)72-68(54-36-19-6-20-37-54)66(52-32-15-4-16-33-52)70(76-72)56-40-23-8-24-41-56/h1-48H. The van der Waals surface area contributed by atoms with Crippen LogP contribution in [-0.2, 0) is 0 Å². The van der Waals surface area contributed by atoms with E-state index in [4.69, 9.17) is 18.8 Å². The molecule has 4 nitrogen and oxygen atoms in total. The summed E-state index contributed by atoms with van der Waals surface area (Å²) >= 11 is 0. The minimum Gasteiger partial charge on any atom is -0.453 e. The molecule has 358 valence electrons. The molecule has 0 fully saturated rings. The van der Waals surface area contributed by atoms with Crippen LogP contribution in [0.4, 0.5) is 0 Å². The molecule has 0 spiro atoms. The zero-order valence-electron chi connectivity index (χ0n) is 41.4. The van der Waals surface area contributed by atoms with Crippen molar-refractivity contribution in [2.75, 3.05) is 0 Å². The van der Waals surface area contributed by atoms with Crippen LogP contribution < -0.4 is 0 Å². The number of hydrogen-bond acceptors (Lipinski definition) is 4. The number of benzene rings is 9. The highest BCUT2D eigenvalue weighted by Gasteiger charge is 2.29. The third kappa shape index (κ3) is 8.95. The molecule has 0 aliphatic rings. The molecular weight excluding hydrogens is 925 g/mol. The Balaban J connectivity index is 1.02. The molecule has 0 N–H and O–H groups in total. The van der Waals surface area contributed by atoms with Gasteiger partial charge in [-0.2, -0.15) is 0 Å². The van der Waals surface area contributed by atoms with E-state index in [0.717, 1.165) is 123 Å². The SMILES string of the molecule is c1ccc(-c2cc(-c3cccc(-c4cc(-c5ccccc5)cc(-c5oc(-c6ccccc6)c(-c6ccccc6)c5-c5ccccc5)n4)c3)nc(-c3oc(-c4ccccc4)c(-c4ccccc4)c3-c3ccccc3)c2)cc1. The number of aromatic nitrogens is 2. The minimum absolute atomic E-state index is 0.693. The van der Waals surface area contributed by atoms with Gasteiger partial charge in [0.05, 0.1) is 11.4 Å². The summed E-state index contributed by atoms with van der Waals surface area (Å²) in [6.07, 6.45) is 0. The Morgan fingerprint density at radius 3 is 0.711 bits per heavy atom. The average molecular weight is 973 g/mol. The zero-order valence-corrected chi connectivity index (χ0v) is 41.4. The second-order valence-electron chi connectivity index (χ2n) is 18.8. The lowest BCUT2D eigenvalue weighted by atomic mass is 9.91. The maximum Gasteiger partial charge on any atom is 0.161 e. The maximum atomic E-state index is 7.24. The van der Waals surface area contributed by atoms with Crippen LogP contribution in [0.3, 0.4) is 0 Å². The Morgan fingerprint density at radius 2 is 0.408 bits per heavy atom. The molecule has 13 aromatic rings. The smallest absolute Gasteiger partial charge is 0.161 e. The molecule has 0 bridgehead atoms. The lowest BCUT2D eigenvalue weighted by Crippen LogP contribution is -1.94. The van der Waals surface area contributed by atoms with Crippen LogP contribution in [0.5, 0.6) is 0 Å². The van der Waals surface area contributed by atoms with Crippen molar-refractivity contribution in [3.63, 3.8) is 0 Å². The van der Waals surface area contributed by atoms with Crippen molar-refractivity contribution >= 4 is 0 Å². The number of furan rings is 2. The fourth-order valence-electron chi connectivity index (χ4n) is 10.4. The summed E-state index contributed by atoms with van der Waals surface area (Å²) < 4.78 is 14.5. The van der Waals surface area contributed by atoms with Gasteiger partial charge in [0.1, 0.15) is 22.9 Å². The Bertz CT molecular complexity index is 3830. The fraction of sp³-hybridized carbons (Fsp3) is 0. The van der Waals surface area contributed by atoms with E-state index in [0.29, 0.717) is 11.5 Å². The maximum absolute atomic E-state index is 7.24. The summed E-state index contributed by atoms with van der Waals surface area (Å²) in [7, 11) is 0. The second kappa shape index (κ2) is 20.4. The van der Waals surface area contributed by atoms with Crippen LogP contribution in [0.25, 0.3) is 135 Å². The highest BCUT2D eigenvalue weighted by Crippen LogP contribution is 2.51. The molecule has 13 rings (SSSR count). The van der Waals surface area contributed by atoms with Crippen molar-refractivity contribution in [2.24, 2.45) is 0 Å². The summed E-state index contributed by atoms with van der Waals surface area (Å²) in [5.41, 5.74) is 19.3. The summed E-state index contributed by atoms with van der Waals surface area (Å²) in [6.45, 7) is 0. The van der Waals surface area contributed by atoms with Gasteiger partial charge in [-0.1, -0.05) is 261 Å². The summed E-state index contributed by atoms with van der Waals surface area (Å²) in [5.74, 6) is 2.96. The molecule has 76 heavy (non-hydrogen) atoms. The van der Waals surface area contributed by atoms with E-state index in [-0.39, 0.29) is 0 Å². The van der Waals surface area contributed by atoms with E-state index in [2.05, 4.69) is 279 Å². The van der Waals surface area contributed by atoms with E-state index in [1.807, 2.05) is 12.1 Å². The molecule has 4 heterocycles. The minimum atomic E-state index is 0.693. The summed E-state index contributed by atoms with van der Waals surface area (Å²) in [6, 6.07) is 101. The van der Waals surface area contributed by atoms with Crippen LogP contribution >= 0.6 is 0 Å². The van der Waals surface area contributed by atoms with Crippen molar-refractivity contribution in [2.45, 2.75) is 0 Å². The summed E-state index contributed by atoms with van der Waals surface area (Å²) in [4.78, 5) is 11.2. The van der Waals surface area contributed by atoms with E-state index in [9.17, 15) is 0 Å². The van der Waals surface area contributed by atoms with Gasteiger partial charge >= 0.3 is 0 Å². The molecule has 0 saturated carbocycles. The monoisotopic (exact) mass is 972 g/mol. The van der Waals surface area contributed by atoms with Gasteiger partial charge in [-0.25, -0.2) is 9.97 Å². The Labute approximate surface area is 442 Å². The molecule has 9 aromatic carbocycles. The first-order valence-electron chi connectivity index (χ1n) is 25.6. The molecule has 0 aliphatic carbocycles. The fourth-order valence-corrected chi connectivity index (χ4v) is 10.4. The largest absolute Gasteiger partial charge is 0.453 e. The molecule has 0 aliphatic heterocycles. The normalized spacial score (nSPS) is 11.2. The van der Waals surface area contributed by atoms with Gasteiger partial charge in [-0.3, -0.25) is 0 Å². The van der Waals surface area contributed by atoms with Gasteiger partial charge in [0, 0.05) is 44.5 Å². The lowest BCUT2D eigenvalue weighted by Gasteiger charge is -2.13. The van der Waals surface area contributed by atoms with Crippen molar-refractivity contribution in [1.82, 2.24) is 9.97 Å². The van der Waals surface area contributed by atoms with Crippen LogP contribution in [0.2, 0.25) is 0 Å². The van der Waals surface area contributed by atoms with Crippen LogP contribution in [0, 0.1) is 0 Å². The molecule has 0 saturated heterocycles. The van der Waals surface area contributed by atoms with E-state index in [1.54, 1.807) is 0 Å². The Kier molecular flexibility index (Phi) is 12.3. The number of pyridine rings is 2. The van der Waals surface area contributed by atoms with Crippen molar-refractivity contribution in [1.29, 1.82) is 0 Å². The lowest BCUT2D eigenvalue weighted by molar-refractivity contribution is 0.596. The molecular formula is C72H48N2O2. The van der Waals surface area contributed by atoms with Gasteiger partial charge in [-0.15, -0.1) is 0 Å². The highest BCUT2D eigenvalue weighted by molar-refractivity contribution is 6.01. The third-order valence-electron chi connectivity index (χ3n) is 13.9. The van der Waals surface area contributed by atoms with E-state index < -0.39 is 0 Å². The topological polar surface area (TPSA) is 52.1 Å². The van der Waals surface area contributed by atoms with Gasteiger partial charge in [0.2, 0.25) is 0 Å². The number of rotatable bonds is 12. The first kappa shape index (κ1) is 45.7. The Morgan fingerprint density at radius 1 is 0.171 bits per heavy atom. The summed E-state index contributed by atoms with van der Waals surface area (Å²) in [5, 5.41) is 0. The van der Waals surface area contributed by atoms with Gasteiger partial charge in [0.25, 0.3) is 0 Å². The van der Waals surface area contributed by atoms with Crippen LogP contribution in [-0.4, -0.2) is 9.97 Å². The first-order valence-corrected chi connectivity index (χ1v) is 25.6. The van der Waals surface area contributed by atoms with Gasteiger partial charge < -0.3 is 8.83 Å². The van der Waals surface area contributed by atoms with Gasteiger partial charge in [0.15, 0.2) is 11.5 Å². The quantitative estimate of drug-likeness (QED) is 0.122. The predicted octanol–water partition coefficient (Wildman–Crippen LogP) is 19.7. The average Bonchev–Trinajstić information content (AvgIpc) is 4.14. The molecule has 0 radical (unpaired) electrons. The zero-order chi connectivity index (χ0) is 50.6. The number of hydrogen-bond donors (Lipinski definition) is 0. The number of nitrogens with zero attached hydrogens (tertiary/aromatic N) is 2. The third-order valence-corrected chi connectivity index (χ3v) is 13.9. The second-order valence-corrected chi connectivity index (χ2v) is 18.8. The molecule has 4 heteroatoms. The van der Waals surface area contributed by atoms with Crippen LogP contribution in [0.15, 0.2) is 300 Å². The first-order chi connectivity index (χ1) is 37.7. The van der Waals surface area contributed by atoms with Crippen LogP contribution in [0.1, 0.15) is 0 Å². The molecule has 4 aromatic heterocycles. The highest BCUT2D eigenvalue weighted by atomic mass is 16.3. The van der Waals surface area contributed by atoms with Gasteiger partial charge in [-0.05, 0) is 74.8 Å². The van der Waals surface area contributed by atoms with Crippen molar-refractivity contribution < 1.29 is 8.83 Å². The van der Waals surface area contributed by atoms with Crippen molar-refractivity contribution in [3.05, 3.63) is 291 Å². The Hall–Kier alpha value is -10.2. The van der Waals surface area contributed by atoms with Crippen molar-refractivity contribution in [3.8, 4) is 135 Å². The molecule has 0 unspecified atom stereocenters. The van der Waals surface area contributed by atoms with E-state index in [1.165, 1.54) is 0 Å². The molecule has 0 atom stereocenters. The molecule has 0 amide bonds. The predicted molar refractivity (Wildman–Crippen MR) is 312 cm³/mol. The van der Waals surface area contributed by atoms with E-state index >= 15 is 0 Å².